The molecule has 27 heavy (non-hydrogen) atoms. The fourth-order valence-electron chi connectivity index (χ4n) is 3.03. The summed E-state index contributed by atoms with van der Waals surface area (Å²) in [7, 11) is 0. The van der Waals surface area contributed by atoms with E-state index in [2.05, 4.69) is 20.2 Å². The summed E-state index contributed by atoms with van der Waals surface area (Å²) < 4.78 is 6.21. The van der Waals surface area contributed by atoms with E-state index in [0.29, 0.717) is 28.1 Å². The molecule has 2 aromatic heterocycles. The number of hydrogen-bond donors (Lipinski definition) is 0. The highest BCUT2D eigenvalue weighted by atomic mass is 32.2. The van der Waals surface area contributed by atoms with Gasteiger partial charge in [0.25, 0.3) is 0 Å². The number of thioether (sulfide) groups is 1. The molecule has 3 aromatic rings. The predicted molar refractivity (Wildman–Crippen MR) is 103 cm³/mol. The van der Waals surface area contributed by atoms with Crippen LogP contribution >= 0.6 is 11.8 Å². The Balaban J connectivity index is 1.98. The minimum Gasteiger partial charge on any atom is -0.445 e. The molecule has 0 radical (unpaired) electrons. The molecule has 0 saturated heterocycles. The zero-order chi connectivity index (χ0) is 19.0. The Morgan fingerprint density at radius 2 is 1.93 bits per heavy atom. The average Bonchev–Trinajstić information content (AvgIpc) is 2.82. The molecule has 1 aliphatic heterocycles. The normalized spacial score (nSPS) is 15.4. The van der Waals surface area contributed by atoms with Crippen LogP contribution in [0.3, 0.4) is 0 Å². The number of hydrogen-bond acceptors (Lipinski definition) is 7. The van der Waals surface area contributed by atoms with Gasteiger partial charge in [0.1, 0.15) is 5.69 Å². The largest absolute Gasteiger partial charge is 0.445 e. The smallest absolute Gasteiger partial charge is 0.247 e. The number of amides is 1. The van der Waals surface area contributed by atoms with Gasteiger partial charge in [0, 0.05) is 18.2 Å². The Morgan fingerprint density at radius 3 is 2.67 bits per heavy atom. The number of aryl methyl sites for hydroxylation is 1. The van der Waals surface area contributed by atoms with E-state index in [1.807, 2.05) is 55.6 Å². The van der Waals surface area contributed by atoms with Crippen molar-refractivity contribution in [1.29, 1.82) is 0 Å². The number of ether oxygens (including phenoxy) is 1. The standard InChI is InChI=1S/C19H17N5O2S/c1-11-7-6-9-14(20-11)18-24(12(2)25)15-10-5-4-8-13(15)16-17(26-18)21-19(27-3)23-22-16/h4-10,18H,1-3H3/t18-/m1/s1. The molecule has 1 amide bonds. The summed E-state index contributed by atoms with van der Waals surface area (Å²) >= 11 is 1.38. The van der Waals surface area contributed by atoms with Crippen LogP contribution in [0.2, 0.25) is 0 Å². The molecule has 0 saturated carbocycles. The lowest BCUT2D eigenvalue weighted by atomic mass is 10.1. The van der Waals surface area contributed by atoms with Crippen LogP contribution in [0, 0.1) is 6.92 Å². The first-order valence-corrected chi connectivity index (χ1v) is 9.59. The second-order valence-corrected chi connectivity index (χ2v) is 6.81. The van der Waals surface area contributed by atoms with Crippen molar-refractivity contribution in [2.75, 3.05) is 11.2 Å². The lowest BCUT2D eigenvalue weighted by Gasteiger charge is -2.29. The van der Waals surface area contributed by atoms with Gasteiger partial charge in [0.05, 0.1) is 5.69 Å². The number of carbonyl (C=O) groups excluding carboxylic acids is 1. The quantitative estimate of drug-likeness (QED) is 0.631. The minimum atomic E-state index is -0.754. The van der Waals surface area contributed by atoms with Gasteiger partial charge < -0.3 is 4.74 Å². The molecule has 136 valence electrons. The van der Waals surface area contributed by atoms with Crippen molar-refractivity contribution in [1.82, 2.24) is 20.2 Å². The van der Waals surface area contributed by atoms with E-state index in [1.54, 1.807) is 4.90 Å². The maximum absolute atomic E-state index is 12.6. The Hall–Kier alpha value is -3.00. The SMILES string of the molecule is CSc1nnc2c(n1)O[C@H](c1cccc(C)n1)N(C(C)=O)c1ccccc1-2. The average molecular weight is 379 g/mol. The van der Waals surface area contributed by atoms with E-state index >= 15 is 0 Å². The molecule has 1 atom stereocenters. The summed E-state index contributed by atoms with van der Waals surface area (Å²) in [6, 6.07) is 13.1. The third-order valence-electron chi connectivity index (χ3n) is 4.20. The van der Waals surface area contributed by atoms with Crippen LogP contribution in [-0.2, 0) is 4.79 Å². The Bertz CT molecular complexity index is 1030. The predicted octanol–water partition coefficient (Wildman–Crippen LogP) is 3.41. The highest BCUT2D eigenvalue weighted by Gasteiger charge is 2.35. The van der Waals surface area contributed by atoms with Crippen molar-refractivity contribution in [3.05, 3.63) is 53.9 Å². The van der Waals surface area contributed by atoms with Crippen LogP contribution in [-0.4, -0.2) is 32.3 Å². The first-order chi connectivity index (χ1) is 13.1. The van der Waals surface area contributed by atoms with Gasteiger partial charge in [-0.15, -0.1) is 10.2 Å². The second kappa shape index (κ2) is 6.96. The van der Waals surface area contributed by atoms with Gasteiger partial charge in [-0.3, -0.25) is 14.7 Å². The van der Waals surface area contributed by atoms with Crippen LogP contribution in [0.1, 0.15) is 24.5 Å². The van der Waals surface area contributed by atoms with Crippen molar-refractivity contribution in [3.63, 3.8) is 0 Å². The summed E-state index contributed by atoms with van der Waals surface area (Å²) in [6.07, 6.45) is 1.12. The summed E-state index contributed by atoms with van der Waals surface area (Å²) in [5.41, 5.74) is 3.39. The van der Waals surface area contributed by atoms with Crippen LogP contribution < -0.4 is 9.64 Å². The maximum Gasteiger partial charge on any atom is 0.247 e. The van der Waals surface area contributed by atoms with Crippen LogP contribution in [0.15, 0.2) is 47.6 Å². The van der Waals surface area contributed by atoms with Gasteiger partial charge in [0.15, 0.2) is 5.69 Å². The zero-order valence-corrected chi connectivity index (χ0v) is 15.9. The van der Waals surface area contributed by atoms with Gasteiger partial charge in [-0.05, 0) is 31.4 Å². The second-order valence-electron chi connectivity index (χ2n) is 6.03. The number of pyridine rings is 1. The molecule has 4 rings (SSSR count). The molecule has 1 aliphatic rings. The topological polar surface area (TPSA) is 81.1 Å². The number of nitrogens with zero attached hydrogens (tertiary/aromatic N) is 5. The third-order valence-corrected chi connectivity index (χ3v) is 4.73. The third kappa shape index (κ3) is 3.12. The van der Waals surface area contributed by atoms with Gasteiger partial charge in [-0.1, -0.05) is 36.0 Å². The molecule has 0 aliphatic carbocycles. The Labute approximate surface area is 160 Å². The highest BCUT2D eigenvalue weighted by Crippen LogP contribution is 2.42. The summed E-state index contributed by atoms with van der Waals surface area (Å²) in [4.78, 5) is 23.3. The van der Waals surface area contributed by atoms with Gasteiger partial charge in [-0.2, -0.15) is 4.98 Å². The molecule has 3 heterocycles. The molecular formula is C19H17N5O2S. The number of rotatable bonds is 2. The van der Waals surface area contributed by atoms with Gasteiger partial charge in [-0.25, -0.2) is 0 Å². The van der Waals surface area contributed by atoms with Crippen molar-refractivity contribution >= 4 is 23.4 Å². The van der Waals surface area contributed by atoms with Gasteiger partial charge in [0.2, 0.25) is 23.2 Å². The number of fused-ring (bicyclic) bond motifs is 3. The Morgan fingerprint density at radius 1 is 1.11 bits per heavy atom. The van der Waals surface area contributed by atoms with Crippen molar-refractivity contribution in [2.45, 2.75) is 25.2 Å². The van der Waals surface area contributed by atoms with Crippen LogP contribution in [0.5, 0.6) is 5.88 Å². The minimum absolute atomic E-state index is 0.165. The Kier molecular flexibility index (Phi) is 4.49. The fraction of sp³-hybridized carbons (Fsp3) is 0.211. The monoisotopic (exact) mass is 379 g/mol. The summed E-state index contributed by atoms with van der Waals surface area (Å²) in [5.74, 6) is 0.167. The molecule has 0 fully saturated rings. The molecule has 0 N–H and O–H groups in total. The molecule has 0 spiro atoms. The van der Waals surface area contributed by atoms with E-state index in [9.17, 15) is 4.79 Å². The zero-order valence-electron chi connectivity index (χ0n) is 15.1. The van der Waals surface area contributed by atoms with Crippen LogP contribution in [0.25, 0.3) is 11.3 Å². The number of aromatic nitrogens is 4. The molecule has 0 bridgehead atoms. The molecule has 7 nitrogen and oxygen atoms in total. The molecular weight excluding hydrogens is 362 g/mol. The highest BCUT2D eigenvalue weighted by molar-refractivity contribution is 7.98. The van der Waals surface area contributed by atoms with E-state index in [4.69, 9.17) is 4.74 Å². The van der Waals surface area contributed by atoms with E-state index in [0.717, 1.165) is 11.3 Å². The number of para-hydroxylation sites is 1. The lowest BCUT2D eigenvalue weighted by molar-refractivity contribution is -0.118. The molecule has 8 heteroatoms. The lowest BCUT2D eigenvalue weighted by Crippen LogP contribution is -2.36. The summed E-state index contributed by atoms with van der Waals surface area (Å²) in [6.45, 7) is 3.40. The first-order valence-electron chi connectivity index (χ1n) is 8.36. The van der Waals surface area contributed by atoms with Crippen LogP contribution in [0.4, 0.5) is 5.69 Å². The number of anilines is 1. The maximum atomic E-state index is 12.6. The van der Waals surface area contributed by atoms with E-state index < -0.39 is 6.23 Å². The first kappa shape index (κ1) is 17.4. The van der Waals surface area contributed by atoms with Crippen molar-refractivity contribution < 1.29 is 9.53 Å². The molecule has 1 aromatic carbocycles. The number of benzene rings is 1. The van der Waals surface area contributed by atoms with E-state index in [-0.39, 0.29) is 5.91 Å². The van der Waals surface area contributed by atoms with Crippen molar-refractivity contribution in [2.24, 2.45) is 0 Å². The van der Waals surface area contributed by atoms with Gasteiger partial charge >= 0.3 is 0 Å². The summed E-state index contributed by atoms with van der Waals surface area (Å²) in [5, 5.41) is 8.95. The fourth-order valence-corrected chi connectivity index (χ4v) is 3.33. The molecule has 0 unspecified atom stereocenters. The number of carbonyl (C=O) groups is 1. The van der Waals surface area contributed by atoms with Crippen molar-refractivity contribution in [3.8, 4) is 17.1 Å². The van der Waals surface area contributed by atoms with E-state index in [1.165, 1.54) is 18.7 Å².